The quantitative estimate of drug-likeness (QED) is 0.342. The molecule has 4 heteroatoms. The van der Waals surface area contributed by atoms with Crippen LogP contribution in [-0.2, 0) is 0 Å². The molecule has 116 valence electrons. The topological polar surface area (TPSA) is 76.1 Å². The Labute approximate surface area is 120 Å². The predicted molar refractivity (Wildman–Crippen MR) is 85.4 cm³/mol. The minimum Gasteiger partial charge on any atom is -0.330 e. The van der Waals surface area contributed by atoms with Crippen molar-refractivity contribution in [2.45, 2.75) is 64.3 Å². The van der Waals surface area contributed by atoms with Crippen LogP contribution in [0.2, 0.25) is 0 Å². The zero-order chi connectivity index (χ0) is 14.2. The second-order valence-corrected chi connectivity index (χ2v) is 5.39. The van der Waals surface area contributed by atoms with Gasteiger partial charge in [-0.3, -0.25) is 0 Å². The first kappa shape index (κ1) is 18.8. The summed E-state index contributed by atoms with van der Waals surface area (Å²) < 4.78 is 0. The molecule has 0 radical (unpaired) electrons. The molecule has 0 heterocycles. The fraction of sp³-hybridized carbons (Fsp3) is 1.00. The van der Waals surface area contributed by atoms with E-state index in [1.165, 1.54) is 32.1 Å². The zero-order valence-electron chi connectivity index (χ0n) is 12.9. The molecule has 0 bridgehead atoms. The summed E-state index contributed by atoms with van der Waals surface area (Å²) in [5.41, 5.74) is 11.4. The lowest BCUT2D eigenvalue weighted by molar-refractivity contribution is 0.510. The van der Waals surface area contributed by atoms with E-state index in [1.807, 2.05) is 0 Å². The van der Waals surface area contributed by atoms with Gasteiger partial charge in [0.05, 0.1) is 0 Å². The molecule has 0 fully saturated rings. The summed E-state index contributed by atoms with van der Waals surface area (Å²) in [6.07, 6.45) is 9.57. The first-order valence-corrected chi connectivity index (χ1v) is 8.18. The second-order valence-electron chi connectivity index (χ2n) is 5.39. The molecule has 0 aliphatic heterocycles. The van der Waals surface area contributed by atoms with Crippen LogP contribution in [0.5, 0.6) is 0 Å². The summed E-state index contributed by atoms with van der Waals surface area (Å²) >= 11 is 0. The van der Waals surface area contributed by atoms with Gasteiger partial charge in [0.1, 0.15) is 0 Å². The maximum Gasteiger partial charge on any atom is 0.00391 e. The molecule has 0 aliphatic rings. The van der Waals surface area contributed by atoms with Gasteiger partial charge in [0, 0.05) is 6.04 Å². The van der Waals surface area contributed by atoms with Gasteiger partial charge >= 0.3 is 0 Å². The van der Waals surface area contributed by atoms with E-state index in [1.54, 1.807) is 0 Å². The van der Waals surface area contributed by atoms with Gasteiger partial charge in [-0.25, -0.2) is 0 Å². The predicted octanol–water partition coefficient (Wildman–Crippen LogP) is 1.59. The first-order valence-electron chi connectivity index (χ1n) is 8.18. The zero-order valence-corrected chi connectivity index (χ0v) is 12.9. The van der Waals surface area contributed by atoms with Crippen molar-refractivity contribution in [3.8, 4) is 0 Å². The van der Waals surface area contributed by atoms with Crippen molar-refractivity contribution in [1.82, 2.24) is 10.6 Å². The van der Waals surface area contributed by atoms with Crippen molar-refractivity contribution in [2.24, 2.45) is 11.5 Å². The molecule has 0 aliphatic carbocycles. The minimum absolute atomic E-state index is 0.407. The van der Waals surface area contributed by atoms with Crippen LogP contribution in [0, 0.1) is 0 Å². The maximum absolute atomic E-state index is 5.97. The van der Waals surface area contributed by atoms with Crippen molar-refractivity contribution in [1.29, 1.82) is 0 Å². The smallest absolute Gasteiger partial charge is 0.00391 e. The minimum atomic E-state index is 0.407. The van der Waals surface area contributed by atoms with Gasteiger partial charge in [0.15, 0.2) is 0 Å². The van der Waals surface area contributed by atoms with Gasteiger partial charge in [0.2, 0.25) is 0 Å². The largest absolute Gasteiger partial charge is 0.330 e. The van der Waals surface area contributed by atoms with Gasteiger partial charge < -0.3 is 22.1 Å². The van der Waals surface area contributed by atoms with E-state index in [0.717, 1.165) is 52.0 Å². The number of rotatable bonds is 15. The average molecular weight is 272 g/mol. The van der Waals surface area contributed by atoms with Crippen LogP contribution >= 0.6 is 0 Å². The molecule has 6 N–H and O–H groups in total. The van der Waals surface area contributed by atoms with Gasteiger partial charge in [-0.15, -0.1) is 0 Å². The third-order valence-electron chi connectivity index (χ3n) is 3.35. The number of unbranched alkanes of at least 4 members (excludes halogenated alkanes) is 2. The summed E-state index contributed by atoms with van der Waals surface area (Å²) in [4.78, 5) is 0. The van der Waals surface area contributed by atoms with Crippen molar-refractivity contribution < 1.29 is 0 Å². The average Bonchev–Trinajstić information content (AvgIpc) is 2.40. The van der Waals surface area contributed by atoms with E-state index in [2.05, 4.69) is 17.6 Å². The lowest BCUT2D eigenvalue weighted by Crippen LogP contribution is -2.24. The van der Waals surface area contributed by atoms with Gasteiger partial charge in [-0.1, -0.05) is 13.3 Å². The van der Waals surface area contributed by atoms with Crippen LogP contribution in [0.25, 0.3) is 0 Å². The fourth-order valence-electron chi connectivity index (χ4n) is 2.15. The Balaban J connectivity index is 2.99. The van der Waals surface area contributed by atoms with E-state index in [0.29, 0.717) is 6.04 Å². The molecule has 0 spiro atoms. The Bertz CT molecular complexity index is 164. The van der Waals surface area contributed by atoms with E-state index < -0.39 is 0 Å². The molecule has 4 nitrogen and oxygen atoms in total. The van der Waals surface area contributed by atoms with Crippen LogP contribution in [0.3, 0.4) is 0 Å². The number of nitrogens with one attached hydrogen (secondary N) is 2. The summed E-state index contributed by atoms with van der Waals surface area (Å²) in [6.45, 7) is 7.50. The highest BCUT2D eigenvalue weighted by Gasteiger charge is 1.99. The Morgan fingerprint density at radius 3 is 1.84 bits per heavy atom. The molecule has 0 saturated heterocycles. The SMILES string of the molecule is CCCC(N)CCCNCCCCNCCCCN. The highest BCUT2D eigenvalue weighted by Crippen LogP contribution is 2.00. The number of hydrogen-bond acceptors (Lipinski definition) is 4. The normalized spacial score (nSPS) is 12.8. The molecule has 1 unspecified atom stereocenters. The van der Waals surface area contributed by atoms with Gasteiger partial charge in [0.25, 0.3) is 0 Å². The van der Waals surface area contributed by atoms with Crippen LogP contribution in [0.1, 0.15) is 58.3 Å². The number of hydrogen-bond donors (Lipinski definition) is 4. The van der Waals surface area contributed by atoms with E-state index >= 15 is 0 Å². The van der Waals surface area contributed by atoms with Crippen LogP contribution in [0.4, 0.5) is 0 Å². The van der Waals surface area contributed by atoms with Crippen molar-refractivity contribution in [3.63, 3.8) is 0 Å². The molecule has 0 aromatic rings. The number of nitrogens with two attached hydrogens (primary N) is 2. The molecule has 0 amide bonds. The standard InChI is InChI=1S/C15H36N4/c1-2-8-15(17)9-7-14-19-13-6-5-12-18-11-4-3-10-16/h15,18-19H,2-14,16-17H2,1H3. The van der Waals surface area contributed by atoms with Crippen molar-refractivity contribution >= 4 is 0 Å². The highest BCUT2D eigenvalue weighted by molar-refractivity contribution is 4.61. The molecular weight excluding hydrogens is 236 g/mol. The van der Waals surface area contributed by atoms with E-state index in [-0.39, 0.29) is 0 Å². The molecule has 0 aromatic heterocycles. The Morgan fingerprint density at radius 1 is 0.789 bits per heavy atom. The van der Waals surface area contributed by atoms with Crippen LogP contribution in [0.15, 0.2) is 0 Å². The Morgan fingerprint density at radius 2 is 1.32 bits per heavy atom. The van der Waals surface area contributed by atoms with Gasteiger partial charge in [-0.05, 0) is 77.7 Å². The summed E-state index contributed by atoms with van der Waals surface area (Å²) in [6, 6.07) is 0.407. The van der Waals surface area contributed by atoms with E-state index in [4.69, 9.17) is 11.5 Å². The maximum atomic E-state index is 5.97. The summed E-state index contributed by atoms with van der Waals surface area (Å²) in [7, 11) is 0. The van der Waals surface area contributed by atoms with Crippen LogP contribution in [-0.4, -0.2) is 38.8 Å². The van der Waals surface area contributed by atoms with E-state index in [9.17, 15) is 0 Å². The highest BCUT2D eigenvalue weighted by atomic mass is 14.9. The van der Waals surface area contributed by atoms with Crippen molar-refractivity contribution in [3.05, 3.63) is 0 Å². The monoisotopic (exact) mass is 272 g/mol. The van der Waals surface area contributed by atoms with Crippen molar-refractivity contribution in [2.75, 3.05) is 32.7 Å². The molecule has 19 heavy (non-hydrogen) atoms. The second kappa shape index (κ2) is 15.9. The van der Waals surface area contributed by atoms with Crippen LogP contribution < -0.4 is 22.1 Å². The van der Waals surface area contributed by atoms with Gasteiger partial charge in [-0.2, -0.15) is 0 Å². The summed E-state index contributed by atoms with van der Waals surface area (Å²) in [5, 5.41) is 6.95. The molecule has 0 saturated carbocycles. The molecule has 0 rings (SSSR count). The Kier molecular flexibility index (Phi) is 15.8. The molecule has 0 aromatic carbocycles. The molecule has 1 atom stereocenters. The molecular formula is C15H36N4. The fourth-order valence-corrected chi connectivity index (χ4v) is 2.15. The lowest BCUT2D eigenvalue weighted by Gasteiger charge is -2.10. The lowest BCUT2D eigenvalue weighted by atomic mass is 10.1. The third kappa shape index (κ3) is 15.8. The first-order chi connectivity index (χ1) is 9.31. The third-order valence-corrected chi connectivity index (χ3v) is 3.35. The summed E-state index contributed by atoms with van der Waals surface area (Å²) in [5.74, 6) is 0. The Hall–Kier alpha value is -0.160.